The third-order valence-electron chi connectivity index (χ3n) is 5.07. The Kier molecular flexibility index (Phi) is 5.35. The van der Waals surface area contributed by atoms with E-state index in [0.29, 0.717) is 24.7 Å². The molecule has 0 unspecified atom stereocenters. The highest BCUT2D eigenvalue weighted by molar-refractivity contribution is 6.05. The van der Waals surface area contributed by atoms with E-state index in [1.54, 1.807) is 20.1 Å². The van der Waals surface area contributed by atoms with Crippen molar-refractivity contribution < 1.29 is 23.8 Å². The van der Waals surface area contributed by atoms with E-state index >= 15 is 0 Å². The molecule has 2 aromatic rings. The Hall–Kier alpha value is -3.02. The van der Waals surface area contributed by atoms with Crippen LogP contribution in [0.4, 0.5) is 0 Å². The van der Waals surface area contributed by atoms with Crippen LogP contribution in [0.25, 0.3) is 0 Å². The van der Waals surface area contributed by atoms with E-state index in [2.05, 4.69) is 5.32 Å². The molecule has 0 bridgehead atoms. The highest BCUT2D eigenvalue weighted by Crippen LogP contribution is 2.43. The van der Waals surface area contributed by atoms with E-state index in [4.69, 9.17) is 14.2 Å². The molecule has 6 heteroatoms. The molecule has 142 valence electrons. The third kappa shape index (κ3) is 3.47. The summed E-state index contributed by atoms with van der Waals surface area (Å²) in [4.78, 5) is 24.6. The van der Waals surface area contributed by atoms with Gasteiger partial charge in [-0.05, 0) is 30.2 Å². The second kappa shape index (κ2) is 7.70. The molecule has 1 aliphatic rings. The molecule has 2 atom stereocenters. The van der Waals surface area contributed by atoms with Crippen LogP contribution >= 0.6 is 0 Å². The Labute approximate surface area is 158 Å². The van der Waals surface area contributed by atoms with Crippen LogP contribution < -0.4 is 14.8 Å². The highest BCUT2D eigenvalue weighted by atomic mass is 16.5. The zero-order valence-electron chi connectivity index (χ0n) is 15.7. The van der Waals surface area contributed by atoms with Crippen molar-refractivity contribution in [1.29, 1.82) is 0 Å². The van der Waals surface area contributed by atoms with Gasteiger partial charge >= 0.3 is 5.97 Å². The lowest BCUT2D eigenvalue weighted by atomic mass is 9.75. The van der Waals surface area contributed by atoms with Gasteiger partial charge in [-0.25, -0.2) is 0 Å². The SMILES string of the molecule is COC(=O)[C@]1(C)C(=O)NC[C@H]1c1ccc(OC)c(OCc2ccccc2)c1. The number of esters is 1. The zero-order chi connectivity index (χ0) is 19.4. The number of nitrogens with one attached hydrogen (secondary N) is 1. The first-order valence-corrected chi connectivity index (χ1v) is 8.72. The van der Waals surface area contributed by atoms with Gasteiger partial charge in [0.1, 0.15) is 6.61 Å². The van der Waals surface area contributed by atoms with Gasteiger partial charge in [0.2, 0.25) is 5.91 Å². The predicted octanol–water partition coefficient (Wildman–Crippen LogP) is 2.67. The summed E-state index contributed by atoms with van der Waals surface area (Å²) < 4.78 is 16.2. The van der Waals surface area contributed by atoms with Crippen molar-refractivity contribution >= 4 is 11.9 Å². The Morgan fingerprint density at radius 2 is 1.89 bits per heavy atom. The summed E-state index contributed by atoms with van der Waals surface area (Å²) >= 11 is 0. The van der Waals surface area contributed by atoms with Crippen molar-refractivity contribution in [2.45, 2.75) is 19.4 Å². The average molecular weight is 369 g/mol. The first-order valence-electron chi connectivity index (χ1n) is 8.72. The van der Waals surface area contributed by atoms with Crippen LogP contribution in [0.1, 0.15) is 24.0 Å². The van der Waals surface area contributed by atoms with E-state index < -0.39 is 11.4 Å². The molecule has 1 heterocycles. The number of methoxy groups -OCH3 is 2. The molecule has 1 saturated heterocycles. The fourth-order valence-electron chi connectivity index (χ4n) is 3.40. The van der Waals surface area contributed by atoms with Gasteiger partial charge in [-0.15, -0.1) is 0 Å². The third-order valence-corrected chi connectivity index (χ3v) is 5.07. The van der Waals surface area contributed by atoms with Crippen molar-refractivity contribution in [3.63, 3.8) is 0 Å². The maximum Gasteiger partial charge on any atom is 0.321 e. The zero-order valence-corrected chi connectivity index (χ0v) is 15.7. The Morgan fingerprint density at radius 3 is 2.56 bits per heavy atom. The second-order valence-electron chi connectivity index (χ2n) is 6.64. The monoisotopic (exact) mass is 369 g/mol. The molecule has 0 aliphatic carbocycles. The van der Waals surface area contributed by atoms with E-state index in [1.807, 2.05) is 42.5 Å². The number of rotatable bonds is 6. The Bertz CT molecular complexity index is 836. The van der Waals surface area contributed by atoms with Gasteiger partial charge in [0.05, 0.1) is 14.2 Å². The van der Waals surface area contributed by atoms with E-state index in [-0.39, 0.29) is 11.8 Å². The molecule has 0 radical (unpaired) electrons. The smallest absolute Gasteiger partial charge is 0.321 e. The second-order valence-corrected chi connectivity index (χ2v) is 6.64. The van der Waals surface area contributed by atoms with E-state index in [1.165, 1.54) is 7.11 Å². The van der Waals surface area contributed by atoms with Gasteiger partial charge in [0.25, 0.3) is 0 Å². The first-order chi connectivity index (χ1) is 13.0. The van der Waals surface area contributed by atoms with E-state index in [9.17, 15) is 9.59 Å². The van der Waals surface area contributed by atoms with Crippen LogP contribution in [0.2, 0.25) is 0 Å². The van der Waals surface area contributed by atoms with Crippen LogP contribution in [0.15, 0.2) is 48.5 Å². The minimum Gasteiger partial charge on any atom is -0.493 e. The largest absolute Gasteiger partial charge is 0.493 e. The molecular weight excluding hydrogens is 346 g/mol. The average Bonchev–Trinajstić information content (AvgIpc) is 3.02. The van der Waals surface area contributed by atoms with Crippen LogP contribution in [0, 0.1) is 5.41 Å². The van der Waals surface area contributed by atoms with Gasteiger partial charge in [-0.2, -0.15) is 0 Å². The van der Waals surface area contributed by atoms with Crippen molar-refractivity contribution in [1.82, 2.24) is 5.32 Å². The van der Waals surface area contributed by atoms with Gasteiger partial charge in [0.15, 0.2) is 16.9 Å². The number of carbonyl (C=O) groups is 2. The lowest BCUT2D eigenvalue weighted by Crippen LogP contribution is -2.40. The quantitative estimate of drug-likeness (QED) is 0.626. The summed E-state index contributed by atoms with van der Waals surface area (Å²) in [5.74, 6) is -0.0911. The number of benzene rings is 2. The number of hydrogen-bond acceptors (Lipinski definition) is 5. The molecular formula is C21H23NO5. The van der Waals surface area contributed by atoms with Gasteiger partial charge in [0, 0.05) is 12.5 Å². The minimum absolute atomic E-state index is 0.332. The number of carbonyl (C=O) groups excluding carboxylic acids is 2. The lowest BCUT2D eigenvalue weighted by molar-refractivity contribution is -0.156. The van der Waals surface area contributed by atoms with Crippen molar-refractivity contribution in [3.8, 4) is 11.5 Å². The fourth-order valence-corrected chi connectivity index (χ4v) is 3.40. The molecule has 0 spiro atoms. The molecule has 1 fully saturated rings. The Morgan fingerprint density at radius 1 is 1.15 bits per heavy atom. The lowest BCUT2D eigenvalue weighted by Gasteiger charge is -2.26. The van der Waals surface area contributed by atoms with Crippen LogP contribution in [-0.4, -0.2) is 32.6 Å². The van der Waals surface area contributed by atoms with Gasteiger partial charge < -0.3 is 19.5 Å². The molecule has 3 rings (SSSR count). The number of hydrogen-bond donors (Lipinski definition) is 1. The topological polar surface area (TPSA) is 73.9 Å². The number of ether oxygens (including phenoxy) is 3. The molecule has 0 saturated carbocycles. The van der Waals surface area contributed by atoms with Gasteiger partial charge in [-0.1, -0.05) is 36.4 Å². The van der Waals surface area contributed by atoms with Crippen LogP contribution in [0.5, 0.6) is 11.5 Å². The van der Waals surface area contributed by atoms with Crippen molar-refractivity contribution in [2.75, 3.05) is 20.8 Å². The van der Waals surface area contributed by atoms with Crippen molar-refractivity contribution in [2.24, 2.45) is 5.41 Å². The summed E-state index contributed by atoms with van der Waals surface area (Å²) in [5.41, 5.74) is 0.562. The summed E-state index contributed by atoms with van der Waals surface area (Å²) in [6.07, 6.45) is 0. The van der Waals surface area contributed by atoms with Gasteiger partial charge in [-0.3, -0.25) is 9.59 Å². The van der Waals surface area contributed by atoms with Crippen LogP contribution in [0.3, 0.4) is 0 Å². The Balaban J connectivity index is 1.90. The molecule has 1 N–H and O–H groups in total. The maximum absolute atomic E-state index is 12.3. The highest BCUT2D eigenvalue weighted by Gasteiger charge is 2.54. The summed E-state index contributed by atoms with van der Waals surface area (Å²) in [7, 11) is 2.86. The van der Waals surface area contributed by atoms with Crippen molar-refractivity contribution in [3.05, 3.63) is 59.7 Å². The molecule has 1 amide bonds. The normalized spacial score (nSPS) is 21.4. The molecule has 1 aliphatic heterocycles. The molecule has 6 nitrogen and oxygen atoms in total. The molecule has 0 aromatic heterocycles. The first kappa shape index (κ1) is 18.8. The fraction of sp³-hybridized carbons (Fsp3) is 0.333. The maximum atomic E-state index is 12.3. The summed E-state index contributed by atoms with van der Waals surface area (Å²) in [6.45, 7) is 2.35. The summed E-state index contributed by atoms with van der Waals surface area (Å²) in [6, 6.07) is 15.3. The summed E-state index contributed by atoms with van der Waals surface area (Å²) in [5, 5.41) is 2.77. The predicted molar refractivity (Wildman–Crippen MR) is 99.6 cm³/mol. The standard InChI is InChI=1S/C21H23NO5/c1-21(20(24)26-3)16(12-22-19(21)23)15-9-10-17(25-2)18(11-15)27-13-14-7-5-4-6-8-14/h4-11,16H,12-13H2,1-3H3,(H,22,23)/t16-,21-/m0/s1. The number of amides is 1. The molecule has 2 aromatic carbocycles. The van der Waals surface area contributed by atoms with E-state index in [0.717, 1.165) is 11.1 Å². The van der Waals surface area contributed by atoms with Crippen LogP contribution in [-0.2, 0) is 20.9 Å². The minimum atomic E-state index is -1.28. The molecule has 27 heavy (non-hydrogen) atoms.